The molecule has 0 aromatic heterocycles. The number of ether oxygens (including phenoxy) is 5. The van der Waals surface area contributed by atoms with Crippen LogP contribution in [0.5, 0.6) is 23.0 Å². The number of aromatic hydroxyl groups is 1. The Morgan fingerprint density at radius 1 is 0.670 bits per heavy atom. The van der Waals surface area contributed by atoms with E-state index in [-0.39, 0.29) is 62.9 Å². The first kappa shape index (κ1) is 68.9. The summed E-state index contributed by atoms with van der Waals surface area (Å²) in [5.74, 6) is -7.57. The summed E-state index contributed by atoms with van der Waals surface area (Å²) in [6.45, 7) is 1.27. The van der Waals surface area contributed by atoms with Crippen LogP contribution < -0.4 is 24.8 Å². The summed E-state index contributed by atoms with van der Waals surface area (Å²) in [6, 6.07) is 28.1. The molecular weight excluding hydrogens is 1170 g/mol. The number of amides is 6. The van der Waals surface area contributed by atoms with Crippen molar-refractivity contribution in [2.24, 2.45) is 5.41 Å². The molecule has 91 heavy (non-hydrogen) atoms. The van der Waals surface area contributed by atoms with Crippen molar-refractivity contribution in [3.8, 4) is 23.0 Å². The molecule has 1 saturated heterocycles. The fourth-order valence-corrected chi connectivity index (χ4v) is 10.8. The van der Waals surface area contributed by atoms with Crippen molar-refractivity contribution in [1.29, 1.82) is 0 Å². The summed E-state index contributed by atoms with van der Waals surface area (Å²) < 4.78 is 45.8. The largest absolute Gasteiger partial charge is 0.508 e. The predicted octanol–water partition coefficient (Wildman–Crippen LogP) is 6.46. The molecule has 2 bridgehead atoms. The number of phenols is 1. The maximum Gasteiger partial charge on any atom is 0.330 e. The first-order valence-corrected chi connectivity index (χ1v) is 30.3. The fourth-order valence-electron chi connectivity index (χ4n) is 10.8. The summed E-state index contributed by atoms with van der Waals surface area (Å²) in [4.78, 5) is 133. The van der Waals surface area contributed by atoms with Gasteiger partial charge in [-0.15, -0.1) is 0 Å². The van der Waals surface area contributed by atoms with Gasteiger partial charge < -0.3 is 59.0 Å². The quantitative estimate of drug-likeness (QED) is 0.0948. The molecule has 2 aliphatic heterocycles. The maximum atomic E-state index is 17.2. The molecule has 7 rings (SSSR count). The van der Waals surface area contributed by atoms with Crippen molar-refractivity contribution >= 4 is 53.2 Å². The van der Waals surface area contributed by atoms with Crippen LogP contribution in [-0.2, 0) is 78.3 Å². The number of allylic oxidation sites excluding steroid dienone is 1. The first-order chi connectivity index (χ1) is 43.6. The predicted molar refractivity (Wildman–Crippen MR) is 334 cm³/mol. The molecule has 0 saturated carbocycles. The van der Waals surface area contributed by atoms with Crippen LogP contribution in [0, 0.1) is 11.2 Å². The van der Waals surface area contributed by atoms with Gasteiger partial charge in [0.1, 0.15) is 42.6 Å². The lowest BCUT2D eigenvalue weighted by atomic mass is 9.87. The number of carbonyl (C=O) groups excluding carboxylic acids is 9. The van der Waals surface area contributed by atoms with E-state index < -0.39 is 120 Å². The summed E-state index contributed by atoms with van der Waals surface area (Å²) in [5, 5.41) is 15.8. The smallest absolute Gasteiger partial charge is 0.330 e. The van der Waals surface area contributed by atoms with E-state index in [1.807, 2.05) is 18.2 Å². The zero-order valence-electron chi connectivity index (χ0n) is 52.5. The highest BCUT2D eigenvalue weighted by Crippen LogP contribution is 2.35. The molecule has 6 amide bonds. The van der Waals surface area contributed by atoms with Crippen LogP contribution in [0.3, 0.4) is 0 Å². The Labute approximate surface area is 529 Å². The number of benzene rings is 5. The number of esters is 2. The summed E-state index contributed by atoms with van der Waals surface area (Å²) in [7, 11) is 7.27. The standard InChI is InChI=1S/C69H81FN6O15/c1-69(2)44-90-61(80)27-15-10-17-36-73(3)65(83)51(38-45-20-11-8-12-21-45)71-59(78)42-74(4)66(84)52(39-46-22-13-9-14-23-46)72-64(82)54(40-47-28-32-49(77)33-29-47)75(5)60(79)43-89-57-26-19-24-50(62(57)70)55(34-30-48-31-35-56(87-6)58(41-48)88-7)91-68(86)53-25-16-18-37-76(53)67(85)63(69)81/h8-9,11-15,19-24,26-29,31-33,35,41,51-55,77H,10,16-18,25,30,34,36-40,42-44H2,1-7H3,(H,71,78)(H,72,82)/t51-,52-,53+,54+,55-/m1/s1. The second-order valence-electron chi connectivity index (χ2n) is 23.4. The lowest BCUT2D eigenvalue weighted by Gasteiger charge is -2.36. The van der Waals surface area contributed by atoms with E-state index >= 15 is 4.39 Å². The molecule has 2 aliphatic rings. The third-order valence-electron chi connectivity index (χ3n) is 16.1. The monoisotopic (exact) mass is 1250 g/mol. The zero-order chi connectivity index (χ0) is 65.8. The third-order valence-corrected chi connectivity index (χ3v) is 16.1. The number of nitrogens with zero attached hydrogens (tertiary/aromatic N) is 4. The van der Waals surface area contributed by atoms with E-state index in [0.29, 0.717) is 53.9 Å². The molecule has 2 heterocycles. The van der Waals surface area contributed by atoms with E-state index in [9.17, 15) is 48.3 Å². The van der Waals surface area contributed by atoms with Crippen LogP contribution in [-0.4, -0.2) is 170 Å². The average molecular weight is 1250 g/mol. The number of ketones is 1. The van der Waals surface area contributed by atoms with Crippen LogP contribution in [0.2, 0.25) is 0 Å². The van der Waals surface area contributed by atoms with Crippen molar-refractivity contribution in [3.05, 3.63) is 167 Å². The lowest BCUT2D eigenvalue weighted by molar-refractivity contribution is -0.165. The number of nitrogens with one attached hydrogen (secondary N) is 2. The number of hydrogen-bond acceptors (Lipinski definition) is 15. The van der Waals surface area contributed by atoms with Gasteiger partial charge in [-0.05, 0) is 111 Å². The number of aryl methyl sites for hydroxylation is 1. The molecule has 5 atom stereocenters. The van der Waals surface area contributed by atoms with Crippen molar-refractivity contribution < 1.29 is 76.3 Å². The molecule has 0 aliphatic carbocycles. The van der Waals surface area contributed by atoms with Gasteiger partial charge in [-0.1, -0.05) is 97.1 Å². The van der Waals surface area contributed by atoms with Gasteiger partial charge in [-0.25, -0.2) is 14.0 Å². The summed E-state index contributed by atoms with van der Waals surface area (Å²) >= 11 is 0. The Morgan fingerprint density at radius 2 is 1.30 bits per heavy atom. The van der Waals surface area contributed by atoms with Crippen molar-refractivity contribution in [2.75, 3.05) is 68.2 Å². The van der Waals surface area contributed by atoms with E-state index in [2.05, 4.69) is 10.6 Å². The van der Waals surface area contributed by atoms with Gasteiger partial charge in [0.25, 0.3) is 11.8 Å². The summed E-state index contributed by atoms with van der Waals surface area (Å²) in [5.41, 5.74) is 0.923. The molecule has 3 N–H and O–H groups in total. The number of likely N-dealkylation sites (N-methyl/N-ethyl adjacent to an activating group) is 3. The molecule has 0 unspecified atom stereocenters. The van der Waals surface area contributed by atoms with Crippen molar-refractivity contribution in [1.82, 2.24) is 30.2 Å². The van der Waals surface area contributed by atoms with Gasteiger partial charge in [0.05, 0.1) is 26.2 Å². The number of carbonyl (C=O) groups is 9. The molecule has 22 heteroatoms. The second kappa shape index (κ2) is 32.8. The highest BCUT2D eigenvalue weighted by atomic mass is 19.1. The number of cyclic esters (lactones) is 2. The Balaban J connectivity index is 1.22. The van der Waals surface area contributed by atoms with E-state index in [1.54, 1.807) is 85.9 Å². The van der Waals surface area contributed by atoms with Gasteiger partial charge in [-0.2, -0.15) is 0 Å². The minimum atomic E-state index is -1.55. The molecular formula is C69H81FN6O15. The normalized spacial score (nSPS) is 21.1. The highest BCUT2D eigenvalue weighted by molar-refractivity contribution is 6.38. The van der Waals surface area contributed by atoms with Crippen LogP contribution in [0.4, 0.5) is 4.39 Å². The van der Waals surface area contributed by atoms with Crippen LogP contribution in [0.1, 0.15) is 86.3 Å². The Hall–Kier alpha value is -9.60. The molecule has 0 spiro atoms. The van der Waals surface area contributed by atoms with Gasteiger partial charge in [0.2, 0.25) is 29.4 Å². The molecule has 5 aromatic carbocycles. The number of phenolic OH excluding ortho intramolecular Hbond substituents is 1. The lowest BCUT2D eigenvalue weighted by Crippen LogP contribution is -2.57. The average Bonchev–Trinajstić information content (AvgIpc) is 0.983. The second-order valence-corrected chi connectivity index (χ2v) is 23.4. The van der Waals surface area contributed by atoms with Crippen LogP contribution in [0.15, 0.2) is 133 Å². The van der Waals surface area contributed by atoms with E-state index in [0.717, 1.165) is 20.3 Å². The number of piperidine rings is 1. The van der Waals surface area contributed by atoms with Crippen LogP contribution in [0.25, 0.3) is 0 Å². The van der Waals surface area contributed by atoms with Gasteiger partial charge >= 0.3 is 11.9 Å². The molecule has 0 radical (unpaired) electrons. The number of Topliss-reactive ketones (excluding diaryl/α,β-unsaturated/α-hetero) is 1. The highest BCUT2D eigenvalue weighted by Gasteiger charge is 2.43. The van der Waals surface area contributed by atoms with Crippen molar-refractivity contribution in [2.45, 2.75) is 108 Å². The van der Waals surface area contributed by atoms with Gasteiger partial charge in [-0.3, -0.25) is 33.6 Å². The Bertz CT molecular complexity index is 3400. The van der Waals surface area contributed by atoms with Gasteiger partial charge in [0.15, 0.2) is 29.7 Å². The minimum absolute atomic E-state index is 0.0176. The minimum Gasteiger partial charge on any atom is -0.508 e. The van der Waals surface area contributed by atoms with E-state index in [4.69, 9.17) is 23.7 Å². The molecule has 21 nitrogen and oxygen atoms in total. The number of hydrogen-bond donors (Lipinski definition) is 3. The molecule has 1 fully saturated rings. The first-order valence-electron chi connectivity index (χ1n) is 30.3. The maximum absolute atomic E-state index is 17.2. The fraction of sp³-hybridized carbons (Fsp3) is 0.406. The Kier molecular flexibility index (Phi) is 24.8. The van der Waals surface area contributed by atoms with Crippen LogP contribution >= 0.6 is 0 Å². The molecule has 484 valence electrons. The summed E-state index contributed by atoms with van der Waals surface area (Å²) in [6.07, 6.45) is 3.24. The number of methoxy groups -OCH3 is 2. The third kappa shape index (κ3) is 19.2. The SMILES string of the molecule is COc1ccc(CC[C@H]2OC(=O)[C@@H]3CCCCN3C(=O)C(=O)C(C)(C)COC(=O)C=CCCCN(C)C(=O)[C@@H](Cc3ccccc3)NC(=O)CN(C)C(=O)[C@@H](Cc3ccccc3)NC(=O)[C@H](Cc3ccc(O)cc3)N(C)C(=O)COc3cccc2c3F)cc1OC. The molecule has 5 aromatic rings. The van der Waals surface area contributed by atoms with Gasteiger partial charge in [0, 0.05) is 65.1 Å². The zero-order valence-corrected chi connectivity index (χ0v) is 52.5. The van der Waals surface area contributed by atoms with E-state index in [1.165, 1.54) is 83.5 Å². The Morgan fingerprint density at radius 3 is 1.96 bits per heavy atom. The number of fused-ring (bicyclic) bond motifs is 3. The number of rotatable bonds is 11. The topological polar surface area (TPSA) is 257 Å². The number of halogens is 1. The van der Waals surface area contributed by atoms with Crippen molar-refractivity contribution in [3.63, 3.8) is 0 Å².